The zero-order valence-electron chi connectivity index (χ0n) is 10.3. The number of fused-ring (bicyclic) bond motifs is 1. The van der Waals surface area contributed by atoms with Crippen LogP contribution in [0, 0.1) is 5.92 Å². The highest BCUT2D eigenvalue weighted by Gasteiger charge is 2.41. The summed E-state index contributed by atoms with van der Waals surface area (Å²) in [5.74, 6) is 0.983. The minimum Gasteiger partial charge on any atom is -0.329 e. The summed E-state index contributed by atoms with van der Waals surface area (Å²) >= 11 is 0. The number of rotatable bonds is 3. The van der Waals surface area contributed by atoms with Crippen LogP contribution in [-0.4, -0.2) is 29.6 Å². The second-order valence-electron chi connectivity index (χ2n) is 5.65. The highest BCUT2D eigenvalue weighted by atomic mass is 15.2. The first-order valence-electron chi connectivity index (χ1n) is 6.68. The van der Waals surface area contributed by atoms with Gasteiger partial charge in [0.2, 0.25) is 0 Å². The molecule has 1 aliphatic heterocycles. The lowest BCUT2D eigenvalue weighted by molar-refractivity contribution is 0.0115. The molecule has 2 rings (SSSR count). The molecule has 0 amide bonds. The van der Waals surface area contributed by atoms with Gasteiger partial charge in [-0.05, 0) is 51.5 Å². The molecule has 0 bridgehead atoms. The van der Waals surface area contributed by atoms with Gasteiger partial charge in [-0.3, -0.25) is 4.90 Å². The van der Waals surface area contributed by atoms with Gasteiger partial charge in [0.1, 0.15) is 0 Å². The monoisotopic (exact) mass is 210 g/mol. The Balaban J connectivity index is 2.12. The molecule has 0 aromatic heterocycles. The van der Waals surface area contributed by atoms with Gasteiger partial charge >= 0.3 is 0 Å². The highest BCUT2D eigenvalue weighted by Crippen LogP contribution is 2.40. The van der Waals surface area contributed by atoms with E-state index >= 15 is 0 Å². The third kappa shape index (κ3) is 1.94. The summed E-state index contributed by atoms with van der Waals surface area (Å²) in [4.78, 5) is 2.74. The van der Waals surface area contributed by atoms with E-state index in [9.17, 15) is 0 Å². The molecule has 2 aliphatic rings. The summed E-state index contributed by atoms with van der Waals surface area (Å²) in [6, 6.07) is 0.854. The van der Waals surface area contributed by atoms with Gasteiger partial charge in [0, 0.05) is 18.1 Å². The van der Waals surface area contributed by atoms with Crippen molar-refractivity contribution < 1.29 is 0 Å². The number of likely N-dealkylation sites (tertiary alicyclic amines) is 1. The molecule has 15 heavy (non-hydrogen) atoms. The molecule has 0 aromatic rings. The van der Waals surface area contributed by atoms with E-state index in [-0.39, 0.29) is 5.54 Å². The standard InChI is InChI=1S/C13H26N2/c1-3-13(2,10-14)15-9-5-7-11-6-4-8-12(11)15/h11-12H,3-10,14H2,1-2H3. The van der Waals surface area contributed by atoms with E-state index in [1.54, 1.807) is 0 Å². The molecule has 88 valence electrons. The van der Waals surface area contributed by atoms with Gasteiger partial charge in [0.15, 0.2) is 0 Å². The van der Waals surface area contributed by atoms with Crippen LogP contribution in [0.1, 0.15) is 52.4 Å². The SMILES string of the molecule is CCC(C)(CN)N1CCCC2CCCC21. The van der Waals surface area contributed by atoms with E-state index in [2.05, 4.69) is 18.7 Å². The minimum atomic E-state index is 0.258. The third-order valence-electron chi connectivity index (χ3n) is 4.89. The molecule has 0 radical (unpaired) electrons. The lowest BCUT2D eigenvalue weighted by Crippen LogP contribution is -2.58. The smallest absolute Gasteiger partial charge is 0.0304 e. The lowest BCUT2D eigenvalue weighted by Gasteiger charge is -2.48. The van der Waals surface area contributed by atoms with Crippen molar-refractivity contribution in [1.82, 2.24) is 4.90 Å². The van der Waals surface area contributed by atoms with Crippen molar-refractivity contribution >= 4 is 0 Å². The average Bonchev–Trinajstić information content (AvgIpc) is 2.75. The Bertz CT molecular complexity index is 211. The largest absolute Gasteiger partial charge is 0.329 e. The molecule has 2 N–H and O–H groups in total. The molecule has 2 heteroatoms. The van der Waals surface area contributed by atoms with Crippen molar-refractivity contribution in [2.45, 2.75) is 64.0 Å². The van der Waals surface area contributed by atoms with E-state index < -0.39 is 0 Å². The van der Waals surface area contributed by atoms with Crippen molar-refractivity contribution in [3.8, 4) is 0 Å². The van der Waals surface area contributed by atoms with Crippen molar-refractivity contribution in [1.29, 1.82) is 0 Å². The van der Waals surface area contributed by atoms with E-state index in [0.29, 0.717) is 0 Å². The fourth-order valence-electron chi connectivity index (χ4n) is 3.59. The van der Waals surface area contributed by atoms with E-state index in [4.69, 9.17) is 5.73 Å². The molecule has 2 nitrogen and oxygen atoms in total. The molecular formula is C13H26N2. The first-order valence-corrected chi connectivity index (χ1v) is 6.68. The van der Waals surface area contributed by atoms with Gasteiger partial charge in [-0.2, -0.15) is 0 Å². The fraction of sp³-hybridized carbons (Fsp3) is 1.00. The number of nitrogens with zero attached hydrogens (tertiary/aromatic N) is 1. The Morgan fingerprint density at radius 1 is 1.27 bits per heavy atom. The van der Waals surface area contributed by atoms with E-state index in [0.717, 1.165) is 18.5 Å². The quantitative estimate of drug-likeness (QED) is 0.775. The summed E-state index contributed by atoms with van der Waals surface area (Å²) in [5.41, 5.74) is 6.25. The summed E-state index contributed by atoms with van der Waals surface area (Å²) < 4.78 is 0. The predicted molar refractivity (Wildman–Crippen MR) is 64.8 cm³/mol. The molecule has 2 fully saturated rings. The van der Waals surface area contributed by atoms with Crippen LogP contribution in [0.2, 0.25) is 0 Å². The second-order valence-corrected chi connectivity index (χ2v) is 5.65. The fourth-order valence-corrected chi connectivity index (χ4v) is 3.59. The van der Waals surface area contributed by atoms with Crippen LogP contribution < -0.4 is 5.73 Å². The lowest BCUT2D eigenvalue weighted by atomic mass is 9.85. The maximum atomic E-state index is 5.99. The number of nitrogens with two attached hydrogens (primary N) is 1. The van der Waals surface area contributed by atoms with E-state index in [1.807, 2.05) is 0 Å². The number of hydrogen-bond acceptors (Lipinski definition) is 2. The van der Waals surface area contributed by atoms with Crippen LogP contribution in [0.4, 0.5) is 0 Å². The normalized spacial score (nSPS) is 36.2. The van der Waals surface area contributed by atoms with Gasteiger partial charge in [-0.15, -0.1) is 0 Å². The second kappa shape index (κ2) is 4.42. The zero-order valence-corrected chi connectivity index (χ0v) is 10.3. The minimum absolute atomic E-state index is 0.258. The van der Waals surface area contributed by atoms with E-state index in [1.165, 1.54) is 45.1 Å². The Morgan fingerprint density at radius 2 is 2.00 bits per heavy atom. The van der Waals surface area contributed by atoms with Crippen LogP contribution in [0.25, 0.3) is 0 Å². The molecular weight excluding hydrogens is 184 g/mol. The highest BCUT2D eigenvalue weighted by molar-refractivity contribution is 4.97. The van der Waals surface area contributed by atoms with Crippen LogP contribution in [0.5, 0.6) is 0 Å². The molecule has 3 atom stereocenters. The summed E-state index contributed by atoms with van der Waals surface area (Å²) in [5, 5.41) is 0. The van der Waals surface area contributed by atoms with Gasteiger partial charge in [-0.1, -0.05) is 13.3 Å². The van der Waals surface area contributed by atoms with Crippen LogP contribution in [0.15, 0.2) is 0 Å². The van der Waals surface area contributed by atoms with Crippen molar-refractivity contribution in [3.05, 3.63) is 0 Å². The summed E-state index contributed by atoms with van der Waals surface area (Å²) in [6.45, 7) is 6.73. The maximum absolute atomic E-state index is 5.99. The topological polar surface area (TPSA) is 29.3 Å². The molecule has 3 unspecified atom stereocenters. The number of piperidine rings is 1. The molecule has 1 aliphatic carbocycles. The first-order chi connectivity index (χ1) is 7.21. The summed E-state index contributed by atoms with van der Waals surface area (Å²) in [6.07, 6.45) is 8.36. The van der Waals surface area contributed by atoms with Crippen LogP contribution in [0.3, 0.4) is 0 Å². The van der Waals surface area contributed by atoms with Gasteiger partial charge in [-0.25, -0.2) is 0 Å². The van der Waals surface area contributed by atoms with Crippen molar-refractivity contribution in [2.24, 2.45) is 11.7 Å². The molecule has 1 saturated carbocycles. The van der Waals surface area contributed by atoms with Gasteiger partial charge in [0.05, 0.1) is 0 Å². The molecule has 0 aromatic carbocycles. The van der Waals surface area contributed by atoms with Crippen molar-refractivity contribution in [3.63, 3.8) is 0 Å². The maximum Gasteiger partial charge on any atom is 0.0304 e. The van der Waals surface area contributed by atoms with Crippen LogP contribution in [-0.2, 0) is 0 Å². The third-order valence-corrected chi connectivity index (χ3v) is 4.89. The van der Waals surface area contributed by atoms with Gasteiger partial charge in [0.25, 0.3) is 0 Å². The van der Waals surface area contributed by atoms with Crippen molar-refractivity contribution in [2.75, 3.05) is 13.1 Å². The average molecular weight is 210 g/mol. The molecule has 1 saturated heterocycles. The molecule has 1 heterocycles. The Hall–Kier alpha value is -0.0800. The number of hydrogen-bond donors (Lipinski definition) is 1. The zero-order chi connectivity index (χ0) is 10.9. The predicted octanol–water partition coefficient (Wildman–Crippen LogP) is 2.38. The van der Waals surface area contributed by atoms with Crippen LogP contribution >= 0.6 is 0 Å². The Morgan fingerprint density at radius 3 is 2.67 bits per heavy atom. The Kier molecular flexibility index (Phi) is 3.36. The molecule has 0 spiro atoms. The Labute approximate surface area is 94.2 Å². The first kappa shape index (κ1) is 11.4. The van der Waals surface area contributed by atoms with Gasteiger partial charge < -0.3 is 5.73 Å². The summed E-state index contributed by atoms with van der Waals surface area (Å²) in [7, 11) is 0.